The molecular weight excluding hydrogens is 378 g/mol. The first-order valence-electron chi connectivity index (χ1n) is 9.55. The Balaban J connectivity index is 1.48. The molecule has 4 rings (SSSR count). The number of hydrogen-bond acceptors (Lipinski definition) is 6. The normalized spacial score (nSPS) is 25.1. The van der Waals surface area contributed by atoms with Crippen molar-refractivity contribution in [1.82, 2.24) is 19.6 Å². The molecule has 4 atom stereocenters. The quantitative estimate of drug-likeness (QED) is 0.684. The maximum absolute atomic E-state index is 12.7. The summed E-state index contributed by atoms with van der Waals surface area (Å²) in [6, 6.07) is 3.54. The van der Waals surface area contributed by atoms with Crippen LogP contribution in [0.15, 0.2) is 12.1 Å². The van der Waals surface area contributed by atoms with Crippen LogP contribution in [0.25, 0.3) is 0 Å². The number of carboxylic acids is 1. The van der Waals surface area contributed by atoms with Crippen molar-refractivity contribution in [3.63, 3.8) is 0 Å². The van der Waals surface area contributed by atoms with Gasteiger partial charge in [0.05, 0.1) is 18.2 Å². The minimum Gasteiger partial charge on any atom is -0.481 e. The van der Waals surface area contributed by atoms with Gasteiger partial charge < -0.3 is 19.9 Å². The topological polar surface area (TPSA) is 121 Å². The van der Waals surface area contributed by atoms with Crippen molar-refractivity contribution in [2.45, 2.75) is 32.1 Å². The molecule has 2 saturated carbocycles. The number of hydrogen-bond donors (Lipinski definition) is 2. The zero-order valence-electron chi connectivity index (χ0n) is 16.7. The van der Waals surface area contributed by atoms with Crippen LogP contribution in [-0.2, 0) is 34.7 Å². The van der Waals surface area contributed by atoms with E-state index < -0.39 is 5.97 Å². The third kappa shape index (κ3) is 3.65. The van der Waals surface area contributed by atoms with Gasteiger partial charge in [0, 0.05) is 38.9 Å². The molecule has 2 aliphatic carbocycles. The summed E-state index contributed by atoms with van der Waals surface area (Å²) in [6.45, 7) is 0.595. The largest absolute Gasteiger partial charge is 0.481 e. The van der Waals surface area contributed by atoms with E-state index >= 15 is 0 Å². The molecule has 0 unspecified atom stereocenters. The summed E-state index contributed by atoms with van der Waals surface area (Å²) in [5.74, 6) is -0.0525. The summed E-state index contributed by atoms with van der Waals surface area (Å²) in [7, 11) is 4.86. The minimum atomic E-state index is -0.694. The highest BCUT2D eigenvalue weighted by molar-refractivity contribution is 6.02. The van der Waals surface area contributed by atoms with E-state index in [0.717, 1.165) is 18.5 Å². The van der Waals surface area contributed by atoms with Gasteiger partial charge in [-0.05, 0) is 30.7 Å². The standard InChI is InChI=1S/C19H25N5O5/c1-23-15(6-11(21-23)8-28-2)18(25)20-16-7-14(24(22-16)9-29-3)10-4-12-13(5-10)17(12)19(26)27/h6-7,10,12-13,17H,4-5,8-9H2,1-3H3,(H,26,27)(H,20,22,25)/t10-,12+,13-,17-. The van der Waals surface area contributed by atoms with Crippen LogP contribution in [0, 0.1) is 17.8 Å². The van der Waals surface area contributed by atoms with E-state index in [4.69, 9.17) is 9.47 Å². The number of carbonyl (C=O) groups excluding carboxylic acids is 1. The Bertz CT molecular complexity index is 924. The van der Waals surface area contributed by atoms with Crippen LogP contribution in [-0.4, -0.2) is 50.8 Å². The molecule has 0 aliphatic heterocycles. The molecule has 2 aliphatic rings. The van der Waals surface area contributed by atoms with Crippen molar-refractivity contribution in [2.24, 2.45) is 24.8 Å². The molecule has 0 bridgehead atoms. The Morgan fingerprint density at radius 3 is 2.55 bits per heavy atom. The van der Waals surface area contributed by atoms with E-state index in [2.05, 4.69) is 15.5 Å². The Morgan fingerprint density at radius 2 is 1.93 bits per heavy atom. The number of fused-ring (bicyclic) bond motifs is 1. The van der Waals surface area contributed by atoms with E-state index in [-0.39, 0.29) is 36.3 Å². The maximum Gasteiger partial charge on any atom is 0.307 e. The smallest absolute Gasteiger partial charge is 0.307 e. The molecule has 29 heavy (non-hydrogen) atoms. The zero-order valence-corrected chi connectivity index (χ0v) is 16.7. The molecule has 1 amide bonds. The van der Waals surface area contributed by atoms with Crippen LogP contribution in [0.5, 0.6) is 0 Å². The molecule has 2 N–H and O–H groups in total. The molecule has 0 saturated heterocycles. The number of methoxy groups -OCH3 is 2. The third-order valence-electron chi connectivity index (χ3n) is 5.91. The highest BCUT2D eigenvalue weighted by Gasteiger charge is 2.60. The second kappa shape index (κ2) is 7.60. The Morgan fingerprint density at radius 1 is 1.21 bits per heavy atom. The van der Waals surface area contributed by atoms with Crippen molar-refractivity contribution in [3.8, 4) is 0 Å². The molecular formula is C19H25N5O5. The first kappa shape index (κ1) is 19.6. The SMILES string of the molecule is COCc1cc(C(=O)Nc2cc([C@H]3C[C@@H]4[C@H](C3)[C@H]4C(=O)O)n(COC)n2)n(C)n1. The molecule has 2 heterocycles. The van der Waals surface area contributed by atoms with E-state index in [1.54, 1.807) is 32.0 Å². The van der Waals surface area contributed by atoms with E-state index in [1.807, 2.05) is 6.07 Å². The van der Waals surface area contributed by atoms with Crippen LogP contribution in [0.3, 0.4) is 0 Å². The van der Waals surface area contributed by atoms with E-state index in [0.29, 0.717) is 23.8 Å². The van der Waals surface area contributed by atoms with Gasteiger partial charge in [0.15, 0.2) is 5.82 Å². The number of rotatable bonds is 8. The fraction of sp³-hybridized carbons (Fsp3) is 0.579. The maximum atomic E-state index is 12.7. The van der Waals surface area contributed by atoms with Crippen LogP contribution < -0.4 is 5.32 Å². The number of nitrogens with zero attached hydrogens (tertiary/aromatic N) is 4. The van der Waals surface area contributed by atoms with Crippen molar-refractivity contribution < 1.29 is 24.2 Å². The Kier molecular flexibility index (Phi) is 5.13. The lowest BCUT2D eigenvalue weighted by Gasteiger charge is -2.14. The second-order valence-electron chi connectivity index (χ2n) is 7.76. The lowest BCUT2D eigenvalue weighted by Crippen LogP contribution is -2.16. The monoisotopic (exact) mass is 403 g/mol. The first-order chi connectivity index (χ1) is 13.9. The summed E-state index contributed by atoms with van der Waals surface area (Å²) in [4.78, 5) is 23.9. The summed E-state index contributed by atoms with van der Waals surface area (Å²) in [6.07, 6.45) is 1.65. The Hall–Kier alpha value is -2.72. The summed E-state index contributed by atoms with van der Waals surface area (Å²) in [5, 5.41) is 20.8. The number of aromatic nitrogens is 4. The van der Waals surface area contributed by atoms with Gasteiger partial charge in [0.2, 0.25) is 0 Å². The van der Waals surface area contributed by atoms with Gasteiger partial charge in [0.25, 0.3) is 5.91 Å². The predicted molar refractivity (Wildman–Crippen MR) is 101 cm³/mol. The van der Waals surface area contributed by atoms with Crippen LogP contribution in [0.4, 0.5) is 5.82 Å². The lowest BCUT2D eigenvalue weighted by molar-refractivity contribution is -0.139. The molecule has 10 nitrogen and oxygen atoms in total. The minimum absolute atomic E-state index is 0.199. The molecule has 2 aromatic heterocycles. The molecule has 10 heteroatoms. The van der Waals surface area contributed by atoms with Gasteiger partial charge >= 0.3 is 5.97 Å². The summed E-state index contributed by atoms with van der Waals surface area (Å²) >= 11 is 0. The van der Waals surface area contributed by atoms with E-state index in [9.17, 15) is 14.7 Å². The van der Waals surface area contributed by atoms with Gasteiger partial charge in [-0.25, -0.2) is 4.68 Å². The Labute approximate surface area is 167 Å². The number of ether oxygens (including phenoxy) is 2. The second-order valence-corrected chi connectivity index (χ2v) is 7.76. The number of nitrogens with one attached hydrogen (secondary N) is 1. The highest BCUT2D eigenvalue weighted by atomic mass is 16.5. The molecule has 0 radical (unpaired) electrons. The average molecular weight is 403 g/mol. The van der Waals surface area contributed by atoms with Gasteiger partial charge in [-0.15, -0.1) is 0 Å². The molecule has 0 aromatic carbocycles. The third-order valence-corrected chi connectivity index (χ3v) is 5.91. The molecule has 156 valence electrons. The van der Waals surface area contributed by atoms with E-state index in [1.165, 1.54) is 4.68 Å². The number of amides is 1. The predicted octanol–water partition coefficient (Wildman–Crippen LogP) is 1.44. The number of carboxylic acid groups (broad SMARTS) is 1. The number of anilines is 1. The summed E-state index contributed by atoms with van der Waals surface area (Å²) in [5.41, 5.74) is 2.04. The average Bonchev–Trinajstić information content (AvgIpc) is 3.00. The van der Waals surface area contributed by atoms with Crippen LogP contribution >= 0.6 is 0 Å². The fourth-order valence-electron chi connectivity index (χ4n) is 4.63. The van der Waals surface area contributed by atoms with Crippen molar-refractivity contribution in [3.05, 3.63) is 29.2 Å². The fourth-order valence-corrected chi connectivity index (χ4v) is 4.63. The first-order valence-corrected chi connectivity index (χ1v) is 9.55. The number of aliphatic carboxylic acids is 1. The molecule has 0 spiro atoms. The van der Waals surface area contributed by atoms with Crippen molar-refractivity contribution >= 4 is 17.7 Å². The van der Waals surface area contributed by atoms with Crippen molar-refractivity contribution in [1.29, 1.82) is 0 Å². The molecule has 2 fully saturated rings. The lowest BCUT2D eigenvalue weighted by atomic mass is 9.96. The van der Waals surface area contributed by atoms with Gasteiger partial charge in [-0.2, -0.15) is 10.2 Å². The highest BCUT2D eigenvalue weighted by Crippen LogP contribution is 2.62. The van der Waals surface area contributed by atoms with Crippen LogP contribution in [0.1, 0.15) is 40.6 Å². The van der Waals surface area contributed by atoms with Gasteiger partial charge in [-0.1, -0.05) is 0 Å². The van der Waals surface area contributed by atoms with Crippen LogP contribution in [0.2, 0.25) is 0 Å². The number of aryl methyl sites for hydroxylation is 1. The number of carbonyl (C=O) groups is 2. The zero-order chi connectivity index (χ0) is 20.7. The van der Waals surface area contributed by atoms with Crippen molar-refractivity contribution in [2.75, 3.05) is 19.5 Å². The molecule has 2 aromatic rings. The summed E-state index contributed by atoms with van der Waals surface area (Å²) < 4.78 is 13.5. The van der Waals surface area contributed by atoms with Gasteiger partial charge in [-0.3, -0.25) is 14.3 Å². The van der Waals surface area contributed by atoms with Gasteiger partial charge in [0.1, 0.15) is 12.4 Å².